The Hall–Kier alpha value is -1.85. The molecule has 5 rings (SSSR count). The Kier molecular flexibility index (Phi) is 3.79. The van der Waals surface area contributed by atoms with Gasteiger partial charge >= 0.3 is 0 Å². The van der Waals surface area contributed by atoms with Crippen LogP contribution in [0.1, 0.15) is 44.3 Å². The molecule has 0 amide bonds. The van der Waals surface area contributed by atoms with Crippen LogP contribution in [0.5, 0.6) is 0 Å². The molecule has 2 aromatic heterocycles. The van der Waals surface area contributed by atoms with E-state index in [-0.39, 0.29) is 0 Å². The molecular formula is C20H22N4S. The molecule has 3 aromatic rings. The molecule has 0 bridgehead atoms. The van der Waals surface area contributed by atoms with Gasteiger partial charge in [0.1, 0.15) is 10.8 Å². The van der Waals surface area contributed by atoms with Gasteiger partial charge in [0.2, 0.25) is 0 Å². The van der Waals surface area contributed by atoms with Crippen molar-refractivity contribution in [3.8, 4) is 10.6 Å². The van der Waals surface area contributed by atoms with E-state index in [1.165, 1.54) is 36.9 Å². The van der Waals surface area contributed by atoms with Crippen LogP contribution < -0.4 is 0 Å². The van der Waals surface area contributed by atoms with Gasteiger partial charge in [-0.05, 0) is 51.3 Å². The Bertz CT molecular complexity index is 849. The first kappa shape index (κ1) is 15.4. The van der Waals surface area contributed by atoms with E-state index in [4.69, 9.17) is 4.98 Å². The second-order valence-electron chi connectivity index (χ2n) is 7.37. The topological polar surface area (TPSA) is 41.9 Å². The minimum absolute atomic E-state index is 0.530. The molecule has 1 saturated heterocycles. The molecule has 0 N–H and O–H groups in total. The van der Waals surface area contributed by atoms with Gasteiger partial charge in [-0.25, -0.2) is 15.0 Å². The van der Waals surface area contributed by atoms with E-state index in [0.29, 0.717) is 5.92 Å². The highest BCUT2D eigenvalue weighted by Gasteiger charge is 2.39. The zero-order valence-electron chi connectivity index (χ0n) is 14.4. The summed E-state index contributed by atoms with van der Waals surface area (Å²) in [6.45, 7) is 3.64. The standard InChI is InChI=1S/C20H22N4S/c1-13-5-4-8-24(13)16-9-14(10-16)19-21-11-15(12-22-19)20-23-17-6-2-3-7-18(17)25-20/h2-3,6-7,11-14,16H,4-5,8-10H2,1H3/t13-,14?,16?/m0/s1. The molecule has 2 fully saturated rings. The maximum atomic E-state index is 4.70. The normalized spacial score (nSPS) is 26.8. The summed E-state index contributed by atoms with van der Waals surface area (Å²) in [5.41, 5.74) is 2.07. The van der Waals surface area contributed by atoms with Crippen LogP contribution in [0.2, 0.25) is 0 Å². The highest BCUT2D eigenvalue weighted by Crippen LogP contribution is 2.41. The number of rotatable bonds is 3. The lowest BCUT2D eigenvalue weighted by molar-refractivity contribution is 0.100. The molecule has 25 heavy (non-hydrogen) atoms. The van der Waals surface area contributed by atoms with Crippen molar-refractivity contribution in [1.29, 1.82) is 0 Å². The summed E-state index contributed by atoms with van der Waals surface area (Å²) in [5, 5.41) is 1.00. The predicted octanol–water partition coefficient (Wildman–Crippen LogP) is 4.48. The molecule has 2 aliphatic rings. The lowest BCUT2D eigenvalue weighted by Gasteiger charge is -2.42. The Morgan fingerprint density at radius 1 is 1.12 bits per heavy atom. The zero-order chi connectivity index (χ0) is 16.8. The van der Waals surface area contributed by atoms with Crippen LogP contribution in [0.3, 0.4) is 0 Å². The largest absolute Gasteiger partial charge is 0.298 e. The van der Waals surface area contributed by atoms with E-state index < -0.39 is 0 Å². The van der Waals surface area contributed by atoms with Crippen LogP contribution in [-0.4, -0.2) is 38.5 Å². The monoisotopic (exact) mass is 350 g/mol. The molecule has 1 aromatic carbocycles. The molecule has 128 valence electrons. The Morgan fingerprint density at radius 3 is 2.64 bits per heavy atom. The average Bonchev–Trinajstić information content (AvgIpc) is 3.21. The second-order valence-corrected chi connectivity index (χ2v) is 8.40. The molecule has 0 spiro atoms. The summed E-state index contributed by atoms with van der Waals surface area (Å²) in [6.07, 6.45) is 9.04. The van der Waals surface area contributed by atoms with Crippen LogP contribution in [0.15, 0.2) is 36.7 Å². The summed E-state index contributed by atoms with van der Waals surface area (Å²) >= 11 is 1.70. The second kappa shape index (κ2) is 6.15. The number of hydrogen-bond acceptors (Lipinski definition) is 5. The molecule has 1 atom stereocenters. The van der Waals surface area contributed by atoms with Crippen LogP contribution in [0.4, 0.5) is 0 Å². The number of hydrogen-bond donors (Lipinski definition) is 0. The number of aromatic nitrogens is 3. The zero-order valence-corrected chi connectivity index (χ0v) is 15.2. The predicted molar refractivity (Wildman–Crippen MR) is 102 cm³/mol. The Labute approximate surface area is 152 Å². The van der Waals surface area contributed by atoms with Gasteiger partial charge in [0.15, 0.2) is 0 Å². The van der Waals surface area contributed by atoms with Crippen LogP contribution in [-0.2, 0) is 0 Å². The van der Waals surface area contributed by atoms with Gasteiger partial charge < -0.3 is 0 Å². The van der Waals surface area contributed by atoms with Gasteiger partial charge in [-0.1, -0.05) is 12.1 Å². The van der Waals surface area contributed by atoms with Crippen molar-refractivity contribution in [2.24, 2.45) is 0 Å². The van der Waals surface area contributed by atoms with Crippen molar-refractivity contribution in [3.63, 3.8) is 0 Å². The van der Waals surface area contributed by atoms with E-state index in [2.05, 4.69) is 40.0 Å². The molecule has 0 unspecified atom stereocenters. The fourth-order valence-corrected chi connectivity index (χ4v) is 5.16. The van der Waals surface area contributed by atoms with Crippen LogP contribution in [0, 0.1) is 0 Å². The highest BCUT2D eigenvalue weighted by molar-refractivity contribution is 7.21. The summed E-state index contributed by atoms with van der Waals surface area (Å²) in [4.78, 5) is 16.7. The molecule has 1 aliphatic carbocycles. The number of likely N-dealkylation sites (tertiary alicyclic amines) is 1. The van der Waals surface area contributed by atoms with E-state index >= 15 is 0 Å². The van der Waals surface area contributed by atoms with Gasteiger partial charge in [0, 0.05) is 36.0 Å². The number of thiazole rings is 1. The summed E-state index contributed by atoms with van der Waals surface area (Å²) < 4.78 is 1.21. The Morgan fingerprint density at radius 2 is 1.92 bits per heavy atom. The third-order valence-corrected chi connectivity index (χ3v) is 6.85. The van der Waals surface area contributed by atoms with Crippen molar-refractivity contribution in [2.75, 3.05) is 6.54 Å². The minimum Gasteiger partial charge on any atom is -0.298 e. The average molecular weight is 350 g/mol. The van der Waals surface area contributed by atoms with Crippen LogP contribution >= 0.6 is 11.3 Å². The summed E-state index contributed by atoms with van der Waals surface area (Å²) in [5.74, 6) is 1.54. The smallest absolute Gasteiger partial charge is 0.131 e. The molecule has 4 nitrogen and oxygen atoms in total. The van der Waals surface area contributed by atoms with Gasteiger partial charge in [-0.15, -0.1) is 11.3 Å². The van der Waals surface area contributed by atoms with Crippen molar-refractivity contribution in [3.05, 3.63) is 42.5 Å². The number of para-hydroxylation sites is 1. The first-order valence-electron chi connectivity index (χ1n) is 9.21. The van der Waals surface area contributed by atoms with E-state index in [0.717, 1.165) is 34.0 Å². The molecule has 3 heterocycles. The molecule has 1 saturated carbocycles. The molecule has 1 aliphatic heterocycles. The van der Waals surface area contributed by atoms with Gasteiger partial charge in [-0.3, -0.25) is 4.90 Å². The van der Waals surface area contributed by atoms with Gasteiger partial charge in [-0.2, -0.15) is 0 Å². The quantitative estimate of drug-likeness (QED) is 0.698. The molecule has 0 radical (unpaired) electrons. The lowest BCUT2D eigenvalue weighted by atomic mass is 9.78. The maximum absolute atomic E-state index is 4.70. The number of benzene rings is 1. The molecule has 5 heteroatoms. The van der Waals surface area contributed by atoms with Crippen LogP contribution in [0.25, 0.3) is 20.8 Å². The molecular weight excluding hydrogens is 328 g/mol. The fraction of sp³-hybridized carbons (Fsp3) is 0.450. The van der Waals surface area contributed by atoms with Crippen molar-refractivity contribution < 1.29 is 0 Å². The third-order valence-electron chi connectivity index (χ3n) is 5.76. The maximum Gasteiger partial charge on any atom is 0.131 e. The first-order valence-corrected chi connectivity index (χ1v) is 10.0. The third kappa shape index (κ3) is 2.75. The van der Waals surface area contributed by atoms with Gasteiger partial charge in [0.25, 0.3) is 0 Å². The lowest BCUT2D eigenvalue weighted by Crippen LogP contribution is -2.45. The van der Waals surface area contributed by atoms with Crippen molar-refractivity contribution >= 4 is 21.6 Å². The summed E-state index contributed by atoms with van der Waals surface area (Å²) in [6, 6.07) is 9.75. The fourth-order valence-electron chi connectivity index (χ4n) is 4.22. The summed E-state index contributed by atoms with van der Waals surface area (Å²) in [7, 11) is 0. The first-order chi connectivity index (χ1) is 12.3. The number of nitrogens with zero attached hydrogens (tertiary/aromatic N) is 4. The van der Waals surface area contributed by atoms with Crippen molar-refractivity contribution in [2.45, 2.75) is 50.6 Å². The number of fused-ring (bicyclic) bond motifs is 1. The van der Waals surface area contributed by atoms with Gasteiger partial charge in [0.05, 0.1) is 10.2 Å². The van der Waals surface area contributed by atoms with Crippen molar-refractivity contribution in [1.82, 2.24) is 19.9 Å². The minimum atomic E-state index is 0.530. The van der Waals surface area contributed by atoms with E-state index in [1.807, 2.05) is 18.5 Å². The Balaban J connectivity index is 1.29. The SMILES string of the molecule is C[C@H]1CCCN1C1CC(c2ncc(-c3nc4ccccc4s3)cn2)C1. The van der Waals surface area contributed by atoms with E-state index in [1.54, 1.807) is 11.3 Å². The van der Waals surface area contributed by atoms with E-state index in [9.17, 15) is 0 Å². The highest BCUT2D eigenvalue weighted by atomic mass is 32.1.